The van der Waals surface area contributed by atoms with Gasteiger partial charge in [0.1, 0.15) is 35.7 Å². The van der Waals surface area contributed by atoms with Crippen LogP contribution in [-0.4, -0.2) is 97.4 Å². The van der Waals surface area contributed by atoms with Crippen molar-refractivity contribution >= 4 is 36.6 Å². The van der Waals surface area contributed by atoms with Gasteiger partial charge in [0.15, 0.2) is 23.2 Å². The number of aryl methyl sites for hydroxylation is 1. The first-order chi connectivity index (χ1) is 19.8. The maximum atomic E-state index is 13.8. The summed E-state index contributed by atoms with van der Waals surface area (Å²) in [7, 11) is -4.17. The molecule has 1 aliphatic carbocycles. The molecule has 0 radical (unpaired) electrons. The van der Waals surface area contributed by atoms with Crippen LogP contribution in [0.5, 0.6) is 0 Å². The molecule has 3 heterocycles. The van der Waals surface area contributed by atoms with Crippen LogP contribution in [0.2, 0.25) is 0 Å². The molecule has 4 rings (SSSR count). The fourth-order valence-electron chi connectivity index (χ4n) is 4.54. The zero-order chi connectivity index (χ0) is 30.8. The minimum absolute atomic E-state index is 0.104. The summed E-state index contributed by atoms with van der Waals surface area (Å²) in [5.41, 5.74) is -0.962. The topological polar surface area (TPSA) is 208 Å². The molecule has 1 aliphatic heterocycles. The molecule has 42 heavy (non-hydrogen) atoms. The first-order valence-corrected chi connectivity index (χ1v) is 15.6. The normalized spacial score (nSPS) is 25.8. The van der Waals surface area contributed by atoms with E-state index in [0.717, 1.165) is 12.8 Å². The Bertz CT molecular complexity index is 1300. The number of rotatable bonds is 14. The maximum absolute atomic E-state index is 13.8. The number of nitrogens with zero attached hydrogens (tertiary/aromatic N) is 4. The van der Waals surface area contributed by atoms with E-state index in [2.05, 4.69) is 30.4 Å². The zero-order valence-electron chi connectivity index (χ0n) is 24.6. The predicted molar refractivity (Wildman–Crippen MR) is 149 cm³/mol. The molecule has 0 spiro atoms. The maximum Gasteiger partial charge on any atom is 0.342 e. The van der Waals surface area contributed by atoms with Crippen molar-refractivity contribution < 1.29 is 43.1 Å². The van der Waals surface area contributed by atoms with Gasteiger partial charge in [-0.05, 0) is 54.4 Å². The van der Waals surface area contributed by atoms with Crippen LogP contribution >= 0.6 is 7.67 Å². The summed E-state index contributed by atoms with van der Waals surface area (Å²) in [4.78, 5) is 37.8. The Balaban J connectivity index is 1.54. The molecule has 16 nitrogen and oxygen atoms in total. The summed E-state index contributed by atoms with van der Waals surface area (Å²) in [6.45, 7) is 8.95. The average molecular weight is 614 g/mol. The molecule has 0 aromatic carbocycles. The number of aliphatic hydroxyl groups excluding tert-OH is 1. The summed E-state index contributed by atoms with van der Waals surface area (Å²) >= 11 is 0. The molecule has 1 unspecified atom stereocenters. The van der Waals surface area contributed by atoms with Crippen LogP contribution in [0.15, 0.2) is 6.33 Å². The molecule has 17 heteroatoms. The number of fused-ring (bicyclic) bond motifs is 1. The fourth-order valence-corrected chi connectivity index (χ4v) is 6.35. The highest BCUT2D eigenvalue weighted by molar-refractivity contribution is 7.54. The SMILES string of the molecule is CCOC(=O)[C@H](C)NP(=O)(N[C@@H](C)C(=O)OCC)OC[C@H]1O[C@@H](n2cnc3c(NC4CC4)nc(C)nc32)[C@@](C)(O)C1O. The lowest BCUT2D eigenvalue weighted by Crippen LogP contribution is -2.45. The van der Waals surface area contributed by atoms with Crippen molar-refractivity contribution in [3.63, 3.8) is 0 Å². The molecule has 0 bridgehead atoms. The lowest BCUT2D eigenvalue weighted by atomic mass is 9.96. The summed E-state index contributed by atoms with van der Waals surface area (Å²) in [6, 6.07) is -1.85. The summed E-state index contributed by atoms with van der Waals surface area (Å²) in [6.07, 6.45) is -0.310. The van der Waals surface area contributed by atoms with Crippen molar-refractivity contribution in [2.24, 2.45) is 0 Å². The van der Waals surface area contributed by atoms with Crippen LogP contribution in [0.4, 0.5) is 5.82 Å². The quantitative estimate of drug-likeness (QED) is 0.148. The van der Waals surface area contributed by atoms with Crippen molar-refractivity contribution in [1.29, 1.82) is 0 Å². The van der Waals surface area contributed by atoms with Crippen LogP contribution < -0.4 is 15.5 Å². The van der Waals surface area contributed by atoms with Gasteiger partial charge in [0.05, 0.1) is 26.1 Å². The highest BCUT2D eigenvalue weighted by atomic mass is 31.2. The molecule has 2 fully saturated rings. The van der Waals surface area contributed by atoms with E-state index in [4.69, 9.17) is 18.7 Å². The van der Waals surface area contributed by atoms with E-state index >= 15 is 0 Å². The number of imidazole rings is 1. The second-order valence-corrected chi connectivity index (χ2v) is 12.5. The van der Waals surface area contributed by atoms with Crippen LogP contribution in [0, 0.1) is 6.92 Å². The number of aliphatic hydroxyl groups is 2. The highest BCUT2D eigenvalue weighted by Gasteiger charge is 2.54. The lowest BCUT2D eigenvalue weighted by Gasteiger charge is -2.28. The van der Waals surface area contributed by atoms with Gasteiger partial charge in [-0.25, -0.2) is 25.1 Å². The van der Waals surface area contributed by atoms with Crippen molar-refractivity contribution in [3.05, 3.63) is 12.2 Å². The molecular weight excluding hydrogens is 573 g/mol. The van der Waals surface area contributed by atoms with E-state index in [0.29, 0.717) is 28.8 Å². The number of nitrogens with one attached hydrogen (secondary N) is 3. The van der Waals surface area contributed by atoms with Crippen LogP contribution in [-0.2, 0) is 32.9 Å². The van der Waals surface area contributed by atoms with Gasteiger partial charge < -0.3 is 34.3 Å². The molecule has 5 N–H and O–H groups in total. The van der Waals surface area contributed by atoms with Gasteiger partial charge in [0.25, 0.3) is 0 Å². The Morgan fingerprint density at radius 1 is 1.17 bits per heavy atom. The van der Waals surface area contributed by atoms with Gasteiger partial charge in [-0.3, -0.25) is 18.7 Å². The summed E-state index contributed by atoms with van der Waals surface area (Å²) in [5.74, 6) is -0.324. The smallest absolute Gasteiger partial charge is 0.342 e. The van der Waals surface area contributed by atoms with Crippen LogP contribution in [0.25, 0.3) is 11.2 Å². The second-order valence-electron chi connectivity index (χ2n) is 10.6. The predicted octanol–water partition coefficient (Wildman–Crippen LogP) is 0.925. The van der Waals surface area contributed by atoms with Crippen LogP contribution in [0.3, 0.4) is 0 Å². The first-order valence-electron chi connectivity index (χ1n) is 14.0. The first kappa shape index (κ1) is 32.2. The summed E-state index contributed by atoms with van der Waals surface area (Å²) in [5, 5.41) is 30.9. The Morgan fingerprint density at radius 2 is 1.76 bits per heavy atom. The van der Waals surface area contributed by atoms with Gasteiger partial charge >= 0.3 is 19.6 Å². The number of carbonyl (C=O) groups excluding carboxylic acids is 2. The third-order valence-electron chi connectivity index (χ3n) is 6.89. The van der Waals surface area contributed by atoms with E-state index in [1.54, 1.807) is 20.8 Å². The molecule has 2 aromatic rings. The molecule has 6 atom stereocenters. The second kappa shape index (κ2) is 12.9. The van der Waals surface area contributed by atoms with E-state index in [1.165, 1.54) is 31.7 Å². The summed E-state index contributed by atoms with van der Waals surface area (Å²) < 4.78 is 37.0. The minimum Gasteiger partial charge on any atom is -0.465 e. The molecule has 0 amide bonds. The lowest BCUT2D eigenvalue weighted by molar-refractivity contribution is -0.145. The van der Waals surface area contributed by atoms with Gasteiger partial charge in [-0.1, -0.05) is 0 Å². The Morgan fingerprint density at radius 3 is 2.31 bits per heavy atom. The van der Waals surface area contributed by atoms with Gasteiger partial charge in [-0.15, -0.1) is 0 Å². The monoisotopic (exact) mass is 613 g/mol. The molecule has 234 valence electrons. The van der Waals surface area contributed by atoms with Crippen molar-refractivity contribution in [2.45, 2.75) is 96.5 Å². The average Bonchev–Trinajstić information content (AvgIpc) is 3.59. The third kappa shape index (κ3) is 7.08. The molecule has 2 aliphatic rings. The zero-order valence-corrected chi connectivity index (χ0v) is 25.5. The van der Waals surface area contributed by atoms with Crippen LogP contribution in [0.1, 0.15) is 59.5 Å². The Kier molecular flexibility index (Phi) is 9.87. The number of carbonyl (C=O) groups is 2. The fraction of sp³-hybridized carbons (Fsp3) is 0.720. The molecule has 1 saturated carbocycles. The Labute approximate surface area is 243 Å². The van der Waals surface area contributed by atoms with E-state index < -0.39 is 62.3 Å². The number of aromatic nitrogens is 4. The third-order valence-corrected chi connectivity index (χ3v) is 8.85. The van der Waals surface area contributed by atoms with E-state index in [9.17, 15) is 24.4 Å². The number of ether oxygens (including phenoxy) is 3. The number of hydrogen-bond acceptors (Lipinski definition) is 13. The largest absolute Gasteiger partial charge is 0.465 e. The molecule has 2 aromatic heterocycles. The number of esters is 2. The van der Waals surface area contributed by atoms with E-state index in [1.807, 2.05) is 0 Å². The van der Waals surface area contributed by atoms with Crippen molar-refractivity contribution in [3.8, 4) is 0 Å². The van der Waals surface area contributed by atoms with Crippen molar-refractivity contribution in [2.75, 3.05) is 25.1 Å². The number of anilines is 1. The van der Waals surface area contributed by atoms with E-state index in [-0.39, 0.29) is 13.2 Å². The Hall–Kier alpha value is -2.72. The molecular formula is C25H40N7O9P. The van der Waals surface area contributed by atoms with Gasteiger partial charge in [0, 0.05) is 6.04 Å². The standard InChI is InChI=1S/C25H40N7O9P/c1-7-38-22(34)13(3)30-42(37,31-14(4)23(35)39-8-2)40-11-17-19(33)25(6,36)24(41-17)32-12-26-18-20(29-16-9-10-16)27-15(5)28-21(18)32/h12-14,16-17,19,24,33,36H,7-11H2,1-6H3,(H,27,28,29)(H2,30,31,37)/t13-,14-,17+,19?,24+,25-/m0/s1. The number of hydrogen-bond donors (Lipinski definition) is 5. The van der Waals surface area contributed by atoms with Crippen molar-refractivity contribution in [1.82, 2.24) is 29.7 Å². The van der Waals surface area contributed by atoms with Gasteiger partial charge in [-0.2, -0.15) is 0 Å². The minimum atomic E-state index is -4.17. The molecule has 1 saturated heterocycles. The van der Waals surface area contributed by atoms with Gasteiger partial charge in [0.2, 0.25) is 0 Å². The highest BCUT2D eigenvalue weighted by Crippen LogP contribution is 2.44.